The minimum absolute atomic E-state index is 0.304. The number of fused-ring (bicyclic) bond motifs is 1. The third-order valence-corrected chi connectivity index (χ3v) is 3.82. The van der Waals surface area contributed by atoms with Crippen LogP contribution in [-0.2, 0) is 6.42 Å². The van der Waals surface area contributed by atoms with Gasteiger partial charge in [-0.25, -0.2) is 9.36 Å². The number of rotatable bonds is 1. The first kappa shape index (κ1) is 10.4. The number of thioether (sulfide) groups is 1. The van der Waals surface area contributed by atoms with Crippen molar-refractivity contribution in [2.45, 2.75) is 11.4 Å². The fraction of sp³-hybridized carbons (Fsp3) is 0.167. The van der Waals surface area contributed by atoms with Crippen molar-refractivity contribution in [2.75, 3.05) is 11.5 Å². The lowest BCUT2D eigenvalue weighted by atomic mass is 10.2. The van der Waals surface area contributed by atoms with Crippen LogP contribution in [0.15, 0.2) is 40.2 Å². The van der Waals surface area contributed by atoms with Gasteiger partial charge in [-0.3, -0.25) is 0 Å². The highest BCUT2D eigenvalue weighted by molar-refractivity contribution is 7.99. The molecule has 1 aliphatic rings. The molecule has 4 nitrogen and oxygen atoms in total. The number of benzene rings is 1. The van der Waals surface area contributed by atoms with Gasteiger partial charge in [-0.2, -0.15) is 4.98 Å². The van der Waals surface area contributed by atoms with E-state index in [2.05, 4.69) is 4.98 Å². The predicted molar refractivity (Wildman–Crippen MR) is 68.7 cm³/mol. The smallest absolute Gasteiger partial charge is 0.354 e. The summed E-state index contributed by atoms with van der Waals surface area (Å²) in [7, 11) is 0. The molecule has 86 valence electrons. The lowest BCUT2D eigenvalue weighted by molar-refractivity contribution is 0.853. The summed E-state index contributed by atoms with van der Waals surface area (Å²) in [6.07, 6.45) is 0.881. The Labute approximate surface area is 102 Å². The number of hydrogen-bond donors (Lipinski definition) is 1. The van der Waals surface area contributed by atoms with Gasteiger partial charge in [-0.05, 0) is 18.6 Å². The number of nitrogen functional groups attached to an aromatic ring is 1. The lowest BCUT2D eigenvalue weighted by Crippen LogP contribution is -2.25. The molecule has 1 aliphatic heterocycles. The van der Waals surface area contributed by atoms with Crippen LogP contribution in [0, 0.1) is 0 Å². The van der Waals surface area contributed by atoms with Gasteiger partial charge in [0.2, 0.25) is 0 Å². The summed E-state index contributed by atoms with van der Waals surface area (Å²) in [5.41, 5.74) is 7.54. The fourth-order valence-corrected chi connectivity index (χ4v) is 3.01. The largest absolute Gasteiger partial charge is 0.384 e. The number of hydrogen-bond acceptors (Lipinski definition) is 4. The highest BCUT2D eigenvalue weighted by atomic mass is 32.2. The standard InChI is InChI=1S/C12H11N3OS/c13-10-9-6-7-17-11(9)14-12(16)15(10)8-4-2-1-3-5-8/h1-5H,6-7,13H2. The molecular weight excluding hydrogens is 234 g/mol. The average molecular weight is 245 g/mol. The first-order chi connectivity index (χ1) is 8.27. The van der Waals surface area contributed by atoms with E-state index in [9.17, 15) is 4.79 Å². The molecule has 2 heterocycles. The zero-order valence-electron chi connectivity index (χ0n) is 9.09. The zero-order valence-corrected chi connectivity index (χ0v) is 9.91. The molecule has 0 fully saturated rings. The molecule has 2 aromatic rings. The van der Waals surface area contributed by atoms with Gasteiger partial charge < -0.3 is 5.73 Å². The van der Waals surface area contributed by atoms with Crippen molar-refractivity contribution in [3.63, 3.8) is 0 Å². The van der Waals surface area contributed by atoms with Crippen LogP contribution < -0.4 is 11.4 Å². The van der Waals surface area contributed by atoms with Gasteiger partial charge in [0, 0.05) is 11.3 Å². The first-order valence-corrected chi connectivity index (χ1v) is 6.35. The molecule has 0 aliphatic carbocycles. The Balaban J connectivity index is 2.28. The van der Waals surface area contributed by atoms with Crippen molar-refractivity contribution < 1.29 is 0 Å². The summed E-state index contributed by atoms with van der Waals surface area (Å²) in [6, 6.07) is 9.37. The van der Waals surface area contributed by atoms with E-state index in [4.69, 9.17) is 5.73 Å². The van der Waals surface area contributed by atoms with E-state index in [1.54, 1.807) is 11.8 Å². The molecule has 2 N–H and O–H groups in total. The Morgan fingerprint density at radius 1 is 1.29 bits per heavy atom. The molecule has 1 aromatic carbocycles. The zero-order chi connectivity index (χ0) is 11.8. The van der Waals surface area contributed by atoms with Crippen LogP contribution in [0.5, 0.6) is 0 Å². The maximum Gasteiger partial charge on any atom is 0.354 e. The van der Waals surface area contributed by atoms with Gasteiger partial charge in [0.1, 0.15) is 10.8 Å². The molecule has 3 rings (SSSR count). The summed E-state index contributed by atoms with van der Waals surface area (Å²) >= 11 is 1.60. The molecule has 0 atom stereocenters. The van der Waals surface area contributed by atoms with Crippen LogP contribution in [0.3, 0.4) is 0 Å². The number of nitrogens with two attached hydrogens (primary N) is 1. The summed E-state index contributed by atoms with van der Waals surface area (Å²) in [5.74, 6) is 1.47. The van der Waals surface area contributed by atoms with Crippen LogP contribution in [0.25, 0.3) is 5.69 Å². The highest BCUT2D eigenvalue weighted by Gasteiger charge is 2.20. The highest BCUT2D eigenvalue weighted by Crippen LogP contribution is 2.32. The summed E-state index contributed by atoms with van der Waals surface area (Å²) in [4.78, 5) is 16.0. The molecular formula is C12H11N3OS. The quantitative estimate of drug-likeness (QED) is 0.773. The molecule has 0 saturated carbocycles. The Hall–Kier alpha value is -1.75. The average Bonchev–Trinajstić information content (AvgIpc) is 2.78. The third kappa shape index (κ3) is 1.63. The number of anilines is 1. The lowest BCUT2D eigenvalue weighted by Gasteiger charge is -2.11. The van der Waals surface area contributed by atoms with Crippen LogP contribution in [0.1, 0.15) is 5.56 Å². The molecule has 0 radical (unpaired) electrons. The molecule has 0 saturated heterocycles. The SMILES string of the molecule is Nc1c2c(nc(=O)n1-c1ccccc1)SCC2. The van der Waals surface area contributed by atoms with E-state index in [1.165, 1.54) is 4.57 Å². The van der Waals surface area contributed by atoms with Gasteiger partial charge in [-0.15, -0.1) is 11.8 Å². The Bertz CT molecular complexity index is 622. The second kappa shape index (κ2) is 3.92. The molecule has 0 amide bonds. The Kier molecular flexibility index (Phi) is 2.40. The molecule has 17 heavy (non-hydrogen) atoms. The van der Waals surface area contributed by atoms with E-state index in [0.717, 1.165) is 28.5 Å². The second-order valence-electron chi connectivity index (χ2n) is 3.83. The van der Waals surface area contributed by atoms with Crippen molar-refractivity contribution in [1.29, 1.82) is 0 Å². The van der Waals surface area contributed by atoms with Crippen molar-refractivity contribution in [3.05, 3.63) is 46.4 Å². The minimum atomic E-state index is -0.304. The maximum absolute atomic E-state index is 12.0. The van der Waals surface area contributed by atoms with Gasteiger partial charge in [0.05, 0.1) is 5.69 Å². The monoisotopic (exact) mass is 245 g/mol. The van der Waals surface area contributed by atoms with E-state index in [0.29, 0.717) is 5.82 Å². The molecule has 0 bridgehead atoms. The normalized spacial score (nSPS) is 13.6. The Morgan fingerprint density at radius 3 is 2.82 bits per heavy atom. The minimum Gasteiger partial charge on any atom is -0.384 e. The Morgan fingerprint density at radius 2 is 2.06 bits per heavy atom. The fourth-order valence-electron chi connectivity index (χ4n) is 1.98. The molecule has 5 heteroatoms. The van der Waals surface area contributed by atoms with E-state index in [-0.39, 0.29) is 5.69 Å². The topological polar surface area (TPSA) is 60.9 Å². The van der Waals surface area contributed by atoms with E-state index in [1.807, 2.05) is 30.3 Å². The van der Waals surface area contributed by atoms with Gasteiger partial charge in [0.25, 0.3) is 0 Å². The van der Waals surface area contributed by atoms with Gasteiger partial charge in [-0.1, -0.05) is 18.2 Å². The van der Waals surface area contributed by atoms with Crippen LogP contribution >= 0.6 is 11.8 Å². The number of nitrogens with zero attached hydrogens (tertiary/aromatic N) is 2. The van der Waals surface area contributed by atoms with Gasteiger partial charge in [0.15, 0.2) is 0 Å². The predicted octanol–water partition coefficient (Wildman–Crippen LogP) is 1.46. The maximum atomic E-state index is 12.0. The first-order valence-electron chi connectivity index (χ1n) is 5.37. The summed E-state index contributed by atoms with van der Waals surface area (Å²) in [6.45, 7) is 0. The molecule has 1 aromatic heterocycles. The van der Waals surface area contributed by atoms with Crippen LogP contribution in [0.4, 0.5) is 5.82 Å². The van der Waals surface area contributed by atoms with Crippen LogP contribution in [0.2, 0.25) is 0 Å². The summed E-state index contributed by atoms with van der Waals surface area (Å²) < 4.78 is 1.48. The van der Waals surface area contributed by atoms with E-state index >= 15 is 0 Å². The third-order valence-electron chi connectivity index (χ3n) is 2.80. The number of aromatic nitrogens is 2. The second-order valence-corrected chi connectivity index (χ2v) is 4.92. The number of para-hydroxylation sites is 1. The van der Waals surface area contributed by atoms with E-state index < -0.39 is 0 Å². The molecule has 0 unspecified atom stereocenters. The van der Waals surface area contributed by atoms with Crippen molar-refractivity contribution >= 4 is 17.6 Å². The van der Waals surface area contributed by atoms with Gasteiger partial charge >= 0.3 is 5.69 Å². The van der Waals surface area contributed by atoms with Crippen molar-refractivity contribution in [1.82, 2.24) is 9.55 Å². The summed E-state index contributed by atoms with van der Waals surface area (Å²) in [5, 5.41) is 0.791. The van der Waals surface area contributed by atoms with Crippen molar-refractivity contribution in [2.24, 2.45) is 0 Å². The van der Waals surface area contributed by atoms with Crippen LogP contribution in [-0.4, -0.2) is 15.3 Å². The molecule has 0 spiro atoms. The van der Waals surface area contributed by atoms with Crippen molar-refractivity contribution in [3.8, 4) is 5.69 Å².